The second-order valence-electron chi connectivity index (χ2n) is 8.77. The first kappa shape index (κ1) is 26.7. The Hall–Kier alpha value is -4.88. The van der Waals surface area contributed by atoms with E-state index in [1.54, 1.807) is 68.5 Å². The summed E-state index contributed by atoms with van der Waals surface area (Å²) in [7, 11) is 3.06. The molecular weight excluding hydrogens is 530 g/mol. The van der Waals surface area contributed by atoms with Gasteiger partial charge < -0.3 is 18.6 Å². The van der Waals surface area contributed by atoms with Crippen molar-refractivity contribution in [1.82, 2.24) is 4.57 Å². The van der Waals surface area contributed by atoms with Crippen LogP contribution in [0, 0.1) is 11.3 Å². The van der Waals surface area contributed by atoms with Gasteiger partial charge >= 0.3 is 5.97 Å². The molecule has 0 bridgehead atoms. The van der Waals surface area contributed by atoms with E-state index in [0.29, 0.717) is 54.7 Å². The third kappa shape index (κ3) is 4.72. The summed E-state index contributed by atoms with van der Waals surface area (Å²) < 4.78 is 24.3. The summed E-state index contributed by atoms with van der Waals surface area (Å²) in [4.78, 5) is 32.1. The smallest absolute Gasteiger partial charge is 0.338 e. The lowest BCUT2D eigenvalue weighted by Crippen LogP contribution is -2.40. The Kier molecular flexibility index (Phi) is 7.40. The molecule has 3 heterocycles. The van der Waals surface area contributed by atoms with E-state index in [1.807, 2.05) is 6.07 Å². The average molecular weight is 556 g/mol. The molecule has 0 saturated heterocycles. The minimum atomic E-state index is -0.864. The summed E-state index contributed by atoms with van der Waals surface area (Å²) in [6.07, 6.45) is 1.63. The van der Waals surface area contributed by atoms with Gasteiger partial charge in [0.05, 0.1) is 48.3 Å². The third-order valence-electron chi connectivity index (χ3n) is 6.46. The highest BCUT2D eigenvalue weighted by atomic mass is 32.1. The molecule has 202 valence electrons. The number of allylic oxidation sites excluding steroid dienone is 1. The molecule has 0 amide bonds. The molecule has 1 atom stereocenters. The molecule has 0 radical (unpaired) electrons. The van der Waals surface area contributed by atoms with E-state index in [4.69, 9.17) is 18.6 Å². The van der Waals surface area contributed by atoms with E-state index >= 15 is 0 Å². The Labute approximate surface area is 233 Å². The maximum atomic E-state index is 13.9. The number of ether oxygens (including phenoxy) is 3. The van der Waals surface area contributed by atoms with Crippen molar-refractivity contribution in [1.29, 1.82) is 5.26 Å². The van der Waals surface area contributed by atoms with Gasteiger partial charge in [0.1, 0.15) is 29.1 Å². The van der Waals surface area contributed by atoms with Gasteiger partial charge in [0.25, 0.3) is 5.56 Å². The molecule has 0 aliphatic carbocycles. The predicted octanol–water partition coefficient (Wildman–Crippen LogP) is 3.95. The van der Waals surface area contributed by atoms with Crippen LogP contribution in [0.4, 0.5) is 0 Å². The second-order valence-corrected chi connectivity index (χ2v) is 9.78. The SMILES string of the molecule is CCOC(=O)C1=C(C)N=c2s/c(=C/c3ccc(-c4ccccc4C#N)o3)c(=O)n2C1c1cc(OC)ccc1OC. The zero-order valence-corrected chi connectivity index (χ0v) is 23.1. The molecular formula is C30H25N3O6S. The van der Waals surface area contributed by atoms with Crippen LogP contribution in [0.3, 0.4) is 0 Å². The number of carbonyl (C=O) groups excluding carboxylic acids is 1. The van der Waals surface area contributed by atoms with Crippen molar-refractivity contribution in [2.45, 2.75) is 19.9 Å². The van der Waals surface area contributed by atoms with E-state index in [-0.39, 0.29) is 17.7 Å². The average Bonchev–Trinajstić information content (AvgIpc) is 3.56. The molecule has 2 aromatic heterocycles. The van der Waals surface area contributed by atoms with Crippen LogP contribution in [0.5, 0.6) is 11.5 Å². The van der Waals surface area contributed by atoms with Crippen molar-refractivity contribution in [3.63, 3.8) is 0 Å². The molecule has 0 N–H and O–H groups in total. The highest BCUT2D eigenvalue weighted by Gasteiger charge is 2.35. The number of nitrogens with zero attached hydrogens (tertiary/aromatic N) is 3. The van der Waals surface area contributed by atoms with Gasteiger partial charge in [-0.15, -0.1) is 0 Å². The lowest BCUT2D eigenvalue weighted by atomic mass is 9.95. The van der Waals surface area contributed by atoms with E-state index in [2.05, 4.69) is 11.1 Å². The van der Waals surface area contributed by atoms with Crippen molar-refractivity contribution >= 4 is 23.4 Å². The van der Waals surface area contributed by atoms with Crippen molar-refractivity contribution in [2.24, 2.45) is 4.99 Å². The number of esters is 1. The molecule has 1 aliphatic heterocycles. The van der Waals surface area contributed by atoms with Crippen LogP contribution in [0.1, 0.15) is 36.8 Å². The first-order valence-corrected chi connectivity index (χ1v) is 13.2. The Morgan fingerprint density at radius 3 is 2.70 bits per heavy atom. The molecule has 1 unspecified atom stereocenters. The summed E-state index contributed by atoms with van der Waals surface area (Å²) in [5.41, 5.74) is 2.02. The summed E-state index contributed by atoms with van der Waals surface area (Å²) in [6.45, 7) is 3.60. The van der Waals surface area contributed by atoms with Crippen LogP contribution in [-0.2, 0) is 9.53 Å². The lowest BCUT2D eigenvalue weighted by Gasteiger charge is -2.26. The Balaban J connectivity index is 1.69. The number of carbonyl (C=O) groups is 1. The van der Waals surface area contributed by atoms with E-state index < -0.39 is 12.0 Å². The highest BCUT2D eigenvalue weighted by Crippen LogP contribution is 2.38. The summed E-state index contributed by atoms with van der Waals surface area (Å²) in [5.74, 6) is 1.39. The van der Waals surface area contributed by atoms with Crippen LogP contribution >= 0.6 is 11.3 Å². The Morgan fingerprint density at radius 1 is 1.18 bits per heavy atom. The fraction of sp³-hybridized carbons (Fsp3) is 0.200. The number of aromatic nitrogens is 1. The van der Waals surface area contributed by atoms with Crippen LogP contribution in [0.2, 0.25) is 0 Å². The number of furan rings is 1. The molecule has 10 heteroatoms. The number of nitriles is 1. The molecule has 0 fully saturated rings. The van der Waals surface area contributed by atoms with E-state index in [9.17, 15) is 14.9 Å². The largest absolute Gasteiger partial charge is 0.497 e. The van der Waals surface area contributed by atoms with Crippen LogP contribution < -0.4 is 24.4 Å². The van der Waals surface area contributed by atoms with Crippen LogP contribution in [-0.4, -0.2) is 31.4 Å². The quantitative estimate of drug-likeness (QED) is 0.317. The number of benzene rings is 2. The van der Waals surface area contributed by atoms with Gasteiger partial charge in [0.15, 0.2) is 4.80 Å². The molecule has 1 aliphatic rings. The number of thiazole rings is 1. The minimum Gasteiger partial charge on any atom is -0.497 e. The van der Waals surface area contributed by atoms with Gasteiger partial charge in [-0.3, -0.25) is 9.36 Å². The van der Waals surface area contributed by atoms with Crippen LogP contribution in [0.25, 0.3) is 17.4 Å². The fourth-order valence-corrected chi connectivity index (χ4v) is 5.67. The number of methoxy groups -OCH3 is 2. The number of hydrogen-bond donors (Lipinski definition) is 0. The van der Waals surface area contributed by atoms with Gasteiger partial charge in [0, 0.05) is 17.2 Å². The van der Waals surface area contributed by atoms with Crippen LogP contribution in [0.15, 0.2) is 80.1 Å². The van der Waals surface area contributed by atoms with Crippen molar-refractivity contribution in [2.75, 3.05) is 20.8 Å². The molecule has 40 heavy (non-hydrogen) atoms. The van der Waals surface area contributed by atoms with E-state index in [0.717, 1.165) is 0 Å². The Morgan fingerprint density at radius 2 is 1.98 bits per heavy atom. The molecule has 0 spiro atoms. The monoisotopic (exact) mass is 555 g/mol. The topological polar surface area (TPSA) is 116 Å². The fourth-order valence-electron chi connectivity index (χ4n) is 4.64. The predicted molar refractivity (Wildman–Crippen MR) is 149 cm³/mol. The standard InChI is InChI=1S/C30H25N3O6S/c1-5-38-29(35)26-17(2)32-30-33(27(26)22-14-19(36-3)10-12-23(22)37-4)28(34)25(40-30)15-20-11-13-24(39-20)21-9-7-6-8-18(21)16-31/h6-15,27H,5H2,1-4H3/b25-15+. The zero-order valence-electron chi connectivity index (χ0n) is 22.3. The van der Waals surface area contributed by atoms with Gasteiger partial charge in [-0.25, -0.2) is 9.79 Å². The molecule has 9 nitrogen and oxygen atoms in total. The van der Waals surface area contributed by atoms with Crippen molar-refractivity contribution < 1.29 is 23.4 Å². The van der Waals surface area contributed by atoms with Crippen molar-refractivity contribution in [3.05, 3.63) is 102 Å². The number of hydrogen-bond acceptors (Lipinski definition) is 9. The molecule has 4 aromatic rings. The first-order valence-electron chi connectivity index (χ1n) is 12.4. The molecule has 5 rings (SSSR count). The molecule has 0 saturated carbocycles. The minimum absolute atomic E-state index is 0.164. The summed E-state index contributed by atoms with van der Waals surface area (Å²) >= 11 is 1.18. The summed E-state index contributed by atoms with van der Waals surface area (Å²) in [5, 5.41) is 9.45. The first-order chi connectivity index (χ1) is 19.4. The van der Waals surface area contributed by atoms with E-state index in [1.165, 1.54) is 30.1 Å². The zero-order chi connectivity index (χ0) is 28.4. The van der Waals surface area contributed by atoms with Gasteiger partial charge in [-0.1, -0.05) is 23.5 Å². The Bertz CT molecular complexity index is 1870. The second kappa shape index (κ2) is 11.1. The maximum absolute atomic E-state index is 13.9. The highest BCUT2D eigenvalue weighted by molar-refractivity contribution is 7.07. The normalized spacial score (nSPS) is 14.8. The summed E-state index contributed by atoms with van der Waals surface area (Å²) in [6, 6.07) is 17.1. The number of fused-ring (bicyclic) bond motifs is 1. The van der Waals surface area contributed by atoms with Gasteiger partial charge in [-0.2, -0.15) is 5.26 Å². The lowest BCUT2D eigenvalue weighted by molar-refractivity contribution is -0.139. The maximum Gasteiger partial charge on any atom is 0.338 e. The van der Waals surface area contributed by atoms with Gasteiger partial charge in [-0.05, 0) is 56.3 Å². The van der Waals surface area contributed by atoms with Gasteiger partial charge in [0.2, 0.25) is 0 Å². The third-order valence-corrected chi connectivity index (χ3v) is 7.44. The molecule has 2 aromatic carbocycles. The van der Waals surface area contributed by atoms with Crippen molar-refractivity contribution in [3.8, 4) is 28.9 Å². The number of rotatable bonds is 7.